The van der Waals surface area contributed by atoms with E-state index < -0.39 is 0 Å². The maximum absolute atomic E-state index is 13.5. The molecule has 0 spiro atoms. The molecular formula is C13H16BrFN2O. The van der Waals surface area contributed by atoms with Gasteiger partial charge in [-0.05, 0) is 47.8 Å². The van der Waals surface area contributed by atoms with Crippen molar-refractivity contribution < 1.29 is 9.18 Å². The van der Waals surface area contributed by atoms with Crippen LogP contribution in [-0.2, 0) is 4.79 Å². The second kappa shape index (κ2) is 5.69. The molecule has 5 heteroatoms. The van der Waals surface area contributed by atoms with Crippen LogP contribution < -0.4 is 5.32 Å². The number of nitrogens with one attached hydrogen (secondary N) is 1. The summed E-state index contributed by atoms with van der Waals surface area (Å²) in [7, 11) is 0. The highest BCUT2D eigenvalue weighted by Gasteiger charge is 2.31. The van der Waals surface area contributed by atoms with Gasteiger partial charge in [-0.15, -0.1) is 0 Å². The first-order valence-electron chi connectivity index (χ1n) is 6.10. The van der Waals surface area contributed by atoms with Crippen molar-refractivity contribution in [2.75, 3.05) is 18.4 Å². The largest absolute Gasteiger partial charge is 0.373 e. The molecule has 0 heterocycles. The van der Waals surface area contributed by atoms with E-state index in [0.29, 0.717) is 22.7 Å². The molecule has 0 bridgehead atoms. The highest BCUT2D eigenvalue weighted by molar-refractivity contribution is 9.10. The molecule has 0 atom stereocenters. The van der Waals surface area contributed by atoms with Crippen LogP contribution in [0.15, 0.2) is 22.7 Å². The first-order chi connectivity index (χ1) is 8.63. The van der Waals surface area contributed by atoms with Crippen LogP contribution >= 0.6 is 15.9 Å². The molecule has 1 aromatic rings. The van der Waals surface area contributed by atoms with Gasteiger partial charge in [0.05, 0.1) is 12.2 Å². The van der Waals surface area contributed by atoms with Gasteiger partial charge in [0.1, 0.15) is 5.82 Å². The van der Waals surface area contributed by atoms with Crippen molar-refractivity contribution in [3.05, 3.63) is 28.5 Å². The number of likely N-dealkylation sites (N-methyl/N-ethyl adjacent to an activating group) is 1. The van der Waals surface area contributed by atoms with Gasteiger partial charge >= 0.3 is 0 Å². The van der Waals surface area contributed by atoms with Crippen molar-refractivity contribution in [3.63, 3.8) is 0 Å². The van der Waals surface area contributed by atoms with E-state index in [4.69, 9.17) is 0 Å². The number of hydrogen-bond donors (Lipinski definition) is 1. The standard InChI is InChI=1S/C13H16BrFN2O/c1-2-17(9-6-7-9)12(18)8-16-13-10(14)4-3-5-11(13)15/h3-5,9,16H,2,6-8H2,1H3. The Morgan fingerprint density at radius 2 is 2.28 bits per heavy atom. The van der Waals surface area contributed by atoms with E-state index in [1.54, 1.807) is 12.1 Å². The van der Waals surface area contributed by atoms with Gasteiger partial charge in [-0.25, -0.2) is 4.39 Å². The Bertz CT molecular complexity index is 428. The number of carbonyl (C=O) groups is 1. The van der Waals surface area contributed by atoms with Gasteiger partial charge in [0.25, 0.3) is 0 Å². The highest BCUT2D eigenvalue weighted by atomic mass is 79.9. The van der Waals surface area contributed by atoms with Crippen LogP contribution in [0.3, 0.4) is 0 Å². The summed E-state index contributed by atoms with van der Waals surface area (Å²) in [6.07, 6.45) is 2.17. The van der Waals surface area contributed by atoms with Gasteiger partial charge < -0.3 is 10.2 Å². The first-order valence-corrected chi connectivity index (χ1v) is 6.90. The number of carbonyl (C=O) groups excluding carboxylic acids is 1. The summed E-state index contributed by atoms with van der Waals surface area (Å²) < 4.78 is 14.2. The predicted molar refractivity (Wildman–Crippen MR) is 73.0 cm³/mol. The molecule has 98 valence electrons. The third kappa shape index (κ3) is 3.02. The van der Waals surface area contributed by atoms with Crippen molar-refractivity contribution in [3.8, 4) is 0 Å². The van der Waals surface area contributed by atoms with Gasteiger partial charge in [-0.3, -0.25) is 4.79 Å². The summed E-state index contributed by atoms with van der Waals surface area (Å²) in [6, 6.07) is 5.13. The quantitative estimate of drug-likeness (QED) is 0.906. The Morgan fingerprint density at radius 3 is 2.83 bits per heavy atom. The van der Waals surface area contributed by atoms with E-state index in [2.05, 4.69) is 21.2 Å². The predicted octanol–water partition coefficient (Wildman–Crippen LogP) is 3.01. The van der Waals surface area contributed by atoms with Crippen molar-refractivity contribution in [2.24, 2.45) is 0 Å². The van der Waals surface area contributed by atoms with Crippen molar-refractivity contribution in [1.82, 2.24) is 4.90 Å². The molecule has 0 saturated heterocycles. The molecule has 1 aliphatic rings. The third-order valence-electron chi connectivity index (χ3n) is 3.03. The van der Waals surface area contributed by atoms with E-state index in [1.165, 1.54) is 6.07 Å². The fraction of sp³-hybridized carbons (Fsp3) is 0.462. The van der Waals surface area contributed by atoms with Crippen LogP contribution in [0, 0.1) is 5.82 Å². The van der Waals surface area contributed by atoms with Crippen LogP contribution in [-0.4, -0.2) is 29.9 Å². The average molecular weight is 315 g/mol. The Kier molecular flexibility index (Phi) is 4.22. The van der Waals surface area contributed by atoms with Gasteiger partial charge in [-0.1, -0.05) is 6.07 Å². The number of benzene rings is 1. The van der Waals surface area contributed by atoms with E-state index in [-0.39, 0.29) is 18.3 Å². The molecule has 1 aromatic carbocycles. The van der Waals surface area contributed by atoms with Crippen molar-refractivity contribution in [2.45, 2.75) is 25.8 Å². The van der Waals surface area contributed by atoms with Crippen LogP contribution in [0.2, 0.25) is 0 Å². The topological polar surface area (TPSA) is 32.3 Å². The molecule has 1 saturated carbocycles. The zero-order chi connectivity index (χ0) is 13.1. The summed E-state index contributed by atoms with van der Waals surface area (Å²) in [6.45, 7) is 2.81. The Labute approximate surface area is 114 Å². The molecule has 1 N–H and O–H groups in total. The van der Waals surface area contributed by atoms with Crippen molar-refractivity contribution >= 4 is 27.5 Å². The Hall–Kier alpha value is -1.10. The van der Waals surface area contributed by atoms with Crippen LogP contribution in [0.25, 0.3) is 0 Å². The maximum atomic E-state index is 13.5. The average Bonchev–Trinajstić information content (AvgIpc) is 3.14. The minimum atomic E-state index is -0.355. The number of amides is 1. The van der Waals surface area contributed by atoms with Crippen LogP contribution in [0.5, 0.6) is 0 Å². The molecule has 1 aliphatic carbocycles. The van der Waals surface area contributed by atoms with Gasteiger partial charge in [-0.2, -0.15) is 0 Å². The summed E-state index contributed by atoms with van der Waals surface area (Å²) in [5.74, 6) is -0.332. The number of hydrogen-bond acceptors (Lipinski definition) is 2. The Morgan fingerprint density at radius 1 is 1.56 bits per heavy atom. The lowest BCUT2D eigenvalue weighted by Gasteiger charge is -2.21. The SMILES string of the molecule is CCN(C(=O)CNc1c(F)cccc1Br)C1CC1. The lowest BCUT2D eigenvalue weighted by molar-refractivity contribution is -0.129. The summed E-state index contributed by atoms with van der Waals surface area (Å²) in [5.41, 5.74) is 0.345. The molecule has 0 unspecified atom stereocenters. The number of nitrogens with zero attached hydrogens (tertiary/aromatic N) is 1. The van der Waals surface area contributed by atoms with E-state index >= 15 is 0 Å². The molecule has 1 fully saturated rings. The fourth-order valence-electron chi connectivity index (χ4n) is 1.96. The molecule has 2 rings (SSSR count). The van der Waals surface area contributed by atoms with Gasteiger partial charge in [0.2, 0.25) is 5.91 Å². The van der Waals surface area contributed by atoms with Gasteiger partial charge in [0.15, 0.2) is 0 Å². The second-order valence-corrected chi connectivity index (χ2v) is 5.22. The minimum Gasteiger partial charge on any atom is -0.373 e. The minimum absolute atomic E-state index is 0.0233. The number of anilines is 1. The molecule has 1 amide bonds. The van der Waals surface area contributed by atoms with Crippen LogP contribution in [0.1, 0.15) is 19.8 Å². The second-order valence-electron chi connectivity index (χ2n) is 4.36. The molecule has 0 radical (unpaired) electrons. The van der Waals surface area contributed by atoms with E-state index in [0.717, 1.165) is 12.8 Å². The van der Waals surface area contributed by atoms with E-state index in [9.17, 15) is 9.18 Å². The molecule has 0 aromatic heterocycles. The maximum Gasteiger partial charge on any atom is 0.242 e. The molecular weight excluding hydrogens is 299 g/mol. The number of halogens is 2. The zero-order valence-corrected chi connectivity index (χ0v) is 11.8. The monoisotopic (exact) mass is 314 g/mol. The normalized spacial score (nSPS) is 14.4. The lowest BCUT2D eigenvalue weighted by atomic mass is 10.3. The zero-order valence-electron chi connectivity index (χ0n) is 10.2. The molecule has 18 heavy (non-hydrogen) atoms. The summed E-state index contributed by atoms with van der Waals surface area (Å²) in [5, 5.41) is 2.87. The molecule has 3 nitrogen and oxygen atoms in total. The van der Waals surface area contributed by atoms with E-state index in [1.807, 2.05) is 11.8 Å². The number of para-hydroxylation sites is 1. The lowest BCUT2D eigenvalue weighted by Crippen LogP contribution is -2.37. The molecule has 0 aliphatic heterocycles. The van der Waals surface area contributed by atoms with Gasteiger partial charge in [0, 0.05) is 17.1 Å². The Balaban J connectivity index is 1.96. The smallest absolute Gasteiger partial charge is 0.242 e. The first kappa shape index (κ1) is 13.3. The number of rotatable bonds is 5. The summed E-state index contributed by atoms with van der Waals surface area (Å²) in [4.78, 5) is 13.8. The summed E-state index contributed by atoms with van der Waals surface area (Å²) >= 11 is 3.27. The highest BCUT2D eigenvalue weighted by Crippen LogP contribution is 2.27. The van der Waals surface area contributed by atoms with Crippen LogP contribution in [0.4, 0.5) is 10.1 Å². The van der Waals surface area contributed by atoms with Crippen molar-refractivity contribution in [1.29, 1.82) is 0 Å². The fourth-order valence-corrected chi connectivity index (χ4v) is 2.44. The third-order valence-corrected chi connectivity index (χ3v) is 3.69.